The molecule has 114 valence electrons. The van der Waals surface area contributed by atoms with Crippen LogP contribution in [0.5, 0.6) is 0 Å². The van der Waals surface area contributed by atoms with Gasteiger partial charge in [0.05, 0.1) is 10.6 Å². The molecule has 1 aromatic rings. The van der Waals surface area contributed by atoms with Crippen LogP contribution in [0.4, 0.5) is 5.69 Å². The second-order valence-electron chi connectivity index (χ2n) is 5.48. The quantitative estimate of drug-likeness (QED) is 0.848. The van der Waals surface area contributed by atoms with E-state index in [1.54, 1.807) is 28.0 Å². The minimum Gasteiger partial charge on any atom is -0.398 e. The van der Waals surface area contributed by atoms with Gasteiger partial charge in [-0.25, -0.2) is 0 Å². The number of piperazine rings is 1. The number of benzene rings is 1. The van der Waals surface area contributed by atoms with E-state index in [0.29, 0.717) is 42.5 Å². The summed E-state index contributed by atoms with van der Waals surface area (Å²) in [5.41, 5.74) is 6.58. The third kappa shape index (κ3) is 3.29. The molecule has 5 nitrogen and oxygen atoms in total. The fourth-order valence-corrected chi connectivity index (χ4v) is 2.68. The lowest BCUT2D eigenvalue weighted by molar-refractivity contribution is -0.135. The van der Waals surface area contributed by atoms with Gasteiger partial charge in [-0.2, -0.15) is 0 Å². The molecule has 1 fully saturated rings. The lowest BCUT2D eigenvalue weighted by Crippen LogP contribution is -2.51. The highest BCUT2D eigenvalue weighted by Gasteiger charge is 2.27. The van der Waals surface area contributed by atoms with Gasteiger partial charge in [0.2, 0.25) is 5.91 Å². The van der Waals surface area contributed by atoms with E-state index in [1.165, 1.54) is 0 Å². The van der Waals surface area contributed by atoms with Gasteiger partial charge in [-0.05, 0) is 12.1 Å². The molecule has 2 amide bonds. The highest BCUT2D eigenvalue weighted by molar-refractivity contribution is 6.34. The number of amides is 2. The maximum atomic E-state index is 12.5. The van der Waals surface area contributed by atoms with Crippen LogP contribution >= 0.6 is 11.6 Å². The van der Waals surface area contributed by atoms with Crippen molar-refractivity contribution in [1.29, 1.82) is 0 Å². The molecule has 0 bridgehead atoms. The third-order valence-corrected chi connectivity index (χ3v) is 3.95. The van der Waals surface area contributed by atoms with Crippen LogP contribution in [0.3, 0.4) is 0 Å². The molecule has 2 N–H and O–H groups in total. The van der Waals surface area contributed by atoms with E-state index in [2.05, 4.69) is 0 Å². The highest BCUT2D eigenvalue weighted by atomic mass is 35.5. The van der Waals surface area contributed by atoms with Crippen LogP contribution in [0.2, 0.25) is 5.02 Å². The van der Waals surface area contributed by atoms with Gasteiger partial charge in [0, 0.05) is 37.8 Å². The van der Waals surface area contributed by atoms with Crippen molar-refractivity contribution in [2.45, 2.75) is 13.8 Å². The summed E-state index contributed by atoms with van der Waals surface area (Å²) in [7, 11) is 0. The van der Waals surface area contributed by atoms with E-state index in [0.717, 1.165) is 0 Å². The molecular weight excluding hydrogens is 290 g/mol. The fourth-order valence-electron chi connectivity index (χ4n) is 2.42. The van der Waals surface area contributed by atoms with Crippen molar-refractivity contribution < 1.29 is 9.59 Å². The van der Waals surface area contributed by atoms with Gasteiger partial charge in [-0.3, -0.25) is 9.59 Å². The lowest BCUT2D eigenvalue weighted by Gasteiger charge is -2.35. The first kappa shape index (κ1) is 15.6. The monoisotopic (exact) mass is 309 g/mol. The molecule has 1 heterocycles. The van der Waals surface area contributed by atoms with Crippen LogP contribution < -0.4 is 5.73 Å². The molecule has 0 aromatic heterocycles. The van der Waals surface area contributed by atoms with Gasteiger partial charge < -0.3 is 15.5 Å². The normalized spacial score (nSPS) is 15.4. The van der Waals surface area contributed by atoms with Crippen LogP contribution in [0.15, 0.2) is 18.2 Å². The van der Waals surface area contributed by atoms with E-state index in [-0.39, 0.29) is 17.7 Å². The molecule has 0 saturated carbocycles. The van der Waals surface area contributed by atoms with Crippen LogP contribution in [-0.4, -0.2) is 47.8 Å². The molecule has 0 radical (unpaired) electrons. The summed E-state index contributed by atoms with van der Waals surface area (Å²) >= 11 is 6.07. The van der Waals surface area contributed by atoms with E-state index in [9.17, 15) is 9.59 Å². The summed E-state index contributed by atoms with van der Waals surface area (Å²) in [4.78, 5) is 27.9. The van der Waals surface area contributed by atoms with Gasteiger partial charge in [0.25, 0.3) is 5.91 Å². The van der Waals surface area contributed by atoms with Crippen LogP contribution in [-0.2, 0) is 4.79 Å². The van der Waals surface area contributed by atoms with Crippen molar-refractivity contribution in [2.75, 3.05) is 31.9 Å². The Labute approximate surface area is 129 Å². The fraction of sp³-hybridized carbons (Fsp3) is 0.467. The molecule has 0 unspecified atom stereocenters. The summed E-state index contributed by atoms with van der Waals surface area (Å²) in [6.45, 7) is 5.86. The first-order chi connectivity index (χ1) is 9.91. The number of hydrogen-bond donors (Lipinski definition) is 1. The number of halogens is 1. The lowest BCUT2D eigenvalue weighted by atomic mass is 10.1. The Morgan fingerprint density at radius 1 is 1.14 bits per heavy atom. The first-order valence-electron chi connectivity index (χ1n) is 7.04. The van der Waals surface area contributed by atoms with Gasteiger partial charge >= 0.3 is 0 Å². The van der Waals surface area contributed by atoms with Crippen molar-refractivity contribution in [3.8, 4) is 0 Å². The Bertz CT molecular complexity index is 532. The van der Waals surface area contributed by atoms with Crippen molar-refractivity contribution in [1.82, 2.24) is 9.80 Å². The Hall–Kier alpha value is -1.75. The highest BCUT2D eigenvalue weighted by Crippen LogP contribution is 2.24. The maximum absolute atomic E-state index is 12.5. The Balaban J connectivity index is 2.06. The predicted molar refractivity (Wildman–Crippen MR) is 83.2 cm³/mol. The predicted octanol–water partition coefficient (Wildman–Crippen LogP) is 1.86. The summed E-state index contributed by atoms with van der Waals surface area (Å²) in [6, 6.07) is 5.04. The van der Waals surface area contributed by atoms with E-state index in [1.807, 2.05) is 13.8 Å². The van der Waals surface area contributed by atoms with E-state index < -0.39 is 0 Å². The molecular formula is C15H20ClN3O2. The molecule has 21 heavy (non-hydrogen) atoms. The van der Waals surface area contributed by atoms with Gasteiger partial charge in [0.15, 0.2) is 0 Å². The largest absolute Gasteiger partial charge is 0.398 e. The summed E-state index contributed by atoms with van der Waals surface area (Å²) in [5.74, 6) is -0.0689. The van der Waals surface area contributed by atoms with Crippen molar-refractivity contribution in [2.24, 2.45) is 5.92 Å². The van der Waals surface area contributed by atoms with Crippen molar-refractivity contribution >= 4 is 29.1 Å². The molecule has 2 rings (SSSR count). The zero-order valence-electron chi connectivity index (χ0n) is 12.3. The first-order valence-corrected chi connectivity index (χ1v) is 7.41. The SMILES string of the molecule is CC(C)C(=O)N1CCN(C(=O)c2c(N)cccc2Cl)CC1. The zero-order valence-corrected chi connectivity index (χ0v) is 13.1. The number of anilines is 1. The molecule has 1 saturated heterocycles. The van der Waals surface area contributed by atoms with Crippen LogP contribution in [0, 0.1) is 5.92 Å². The van der Waals surface area contributed by atoms with Crippen LogP contribution in [0.25, 0.3) is 0 Å². The third-order valence-electron chi connectivity index (χ3n) is 3.63. The van der Waals surface area contributed by atoms with Crippen molar-refractivity contribution in [3.05, 3.63) is 28.8 Å². The topological polar surface area (TPSA) is 66.6 Å². The number of rotatable bonds is 2. The minimum atomic E-state index is -0.172. The number of carbonyl (C=O) groups excluding carboxylic acids is 2. The molecule has 6 heteroatoms. The molecule has 1 aromatic carbocycles. The van der Waals surface area contributed by atoms with E-state index in [4.69, 9.17) is 17.3 Å². The maximum Gasteiger partial charge on any atom is 0.257 e. The molecule has 0 spiro atoms. The second kappa shape index (κ2) is 6.35. The Kier molecular flexibility index (Phi) is 4.73. The Morgan fingerprint density at radius 3 is 2.24 bits per heavy atom. The van der Waals surface area contributed by atoms with Gasteiger partial charge in [-0.15, -0.1) is 0 Å². The summed E-state index contributed by atoms with van der Waals surface area (Å²) in [6.07, 6.45) is 0. The minimum absolute atomic E-state index is 0.0218. The van der Waals surface area contributed by atoms with Gasteiger partial charge in [0.1, 0.15) is 0 Å². The number of hydrogen-bond acceptors (Lipinski definition) is 3. The average molecular weight is 310 g/mol. The molecule has 0 aliphatic carbocycles. The number of nitrogens with zero attached hydrogens (tertiary/aromatic N) is 2. The standard InChI is InChI=1S/C15H20ClN3O2/c1-10(2)14(20)18-6-8-19(9-7-18)15(21)13-11(16)4-3-5-12(13)17/h3-5,10H,6-9,17H2,1-2H3. The molecule has 1 aliphatic heterocycles. The summed E-state index contributed by atoms with van der Waals surface area (Å²) in [5, 5.41) is 0.362. The second-order valence-corrected chi connectivity index (χ2v) is 5.88. The molecule has 0 atom stereocenters. The summed E-state index contributed by atoms with van der Waals surface area (Å²) < 4.78 is 0. The number of nitrogens with two attached hydrogens (primary N) is 1. The van der Waals surface area contributed by atoms with E-state index >= 15 is 0 Å². The smallest absolute Gasteiger partial charge is 0.257 e. The zero-order chi connectivity index (χ0) is 15.6. The Morgan fingerprint density at radius 2 is 1.71 bits per heavy atom. The van der Waals surface area contributed by atoms with Gasteiger partial charge in [-0.1, -0.05) is 31.5 Å². The number of carbonyl (C=O) groups is 2. The average Bonchev–Trinajstić information content (AvgIpc) is 2.46. The van der Waals surface area contributed by atoms with Crippen LogP contribution in [0.1, 0.15) is 24.2 Å². The van der Waals surface area contributed by atoms with Crippen molar-refractivity contribution in [3.63, 3.8) is 0 Å². The molecule has 1 aliphatic rings. The number of nitrogen functional groups attached to an aromatic ring is 1.